The Morgan fingerprint density at radius 3 is 2.48 bits per heavy atom. The fraction of sp³-hybridized carbons (Fsp3) is 0.391. The number of primary amides is 1. The molecule has 2 fully saturated rings. The first kappa shape index (κ1) is 22.5. The number of fused-ring (bicyclic) bond motifs is 3. The Hall–Kier alpha value is -3.66. The fourth-order valence-electron chi connectivity index (χ4n) is 5.63. The lowest BCUT2D eigenvalue weighted by Crippen LogP contribution is -2.73. The molecule has 0 saturated heterocycles. The van der Waals surface area contributed by atoms with Crippen molar-refractivity contribution < 1.29 is 43.7 Å². The van der Waals surface area contributed by atoms with Crippen LogP contribution in [0.1, 0.15) is 35.2 Å². The first-order valence-corrected chi connectivity index (χ1v) is 10.3. The Balaban J connectivity index is 1.95. The number of amides is 1. The summed E-state index contributed by atoms with van der Waals surface area (Å²) < 4.78 is 5.44. The number of aliphatic hydroxyl groups is 1. The predicted octanol–water partition coefficient (Wildman–Crippen LogP) is -0.404. The normalized spacial score (nSPS) is 35.2. The van der Waals surface area contributed by atoms with Crippen molar-refractivity contribution in [3.63, 3.8) is 0 Å². The summed E-state index contributed by atoms with van der Waals surface area (Å²) in [7, 11) is 0. The second-order valence-corrected chi connectivity index (χ2v) is 8.66. The Morgan fingerprint density at radius 1 is 1.21 bits per heavy atom. The summed E-state index contributed by atoms with van der Waals surface area (Å²) in [6.45, 7) is 4.96. The summed E-state index contributed by atoms with van der Waals surface area (Å²) in [5.74, 6) is -14.1. The van der Waals surface area contributed by atoms with E-state index in [0.717, 1.165) is 6.08 Å². The van der Waals surface area contributed by atoms with Gasteiger partial charge in [0.2, 0.25) is 5.91 Å². The van der Waals surface area contributed by atoms with Gasteiger partial charge in [-0.05, 0) is 17.5 Å². The number of benzene rings is 1. The number of hydrogen-bond donors (Lipinski definition) is 3. The minimum absolute atomic E-state index is 0.138. The largest absolute Gasteiger partial charge is 0.507 e. The highest BCUT2D eigenvalue weighted by atomic mass is 16.5. The van der Waals surface area contributed by atoms with Crippen LogP contribution in [0, 0.1) is 23.7 Å². The van der Waals surface area contributed by atoms with E-state index in [2.05, 4.69) is 6.58 Å². The van der Waals surface area contributed by atoms with Gasteiger partial charge in [0, 0.05) is 24.3 Å². The van der Waals surface area contributed by atoms with E-state index in [9.17, 15) is 39.0 Å². The summed E-state index contributed by atoms with van der Waals surface area (Å²) in [4.78, 5) is 76.6. The molecule has 10 nitrogen and oxygen atoms in total. The van der Waals surface area contributed by atoms with Crippen LogP contribution in [0.15, 0.2) is 30.9 Å². The number of ether oxygens (including phenoxy) is 1. The molecule has 4 rings (SSSR count). The van der Waals surface area contributed by atoms with Gasteiger partial charge in [-0.15, -0.1) is 0 Å². The summed E-state index contributed by atoms with van der Waals surface area (Å²) in [5.41, 5.74) is 2.47. The van der Waals surface area contributed by atoms with Crippen LogP contribution >= 0.6 is 0 Å². The van der Waals surface area contributed by atoms with Crippen molar-refractivity contribution in [3.8, 4) is 5.75 Å². The first-order chi connectivity index (χ1) is 15.5. The molecular weight excluding hydrogens is 434 g/mol. The summed E-state index contributed by atoms with van der Waals surface area (Å²) in [5, 5.41) is 21.7. The van der Waals surface area contributed by atoms with Crippen LogP contribution < -0.4 is 5.73 Å². The summed E-state index contributed by atoms with van der Waals surface area (Å²) in [6.07, 6.45) is -1.23. The molecule has 1 aromatic carbocycles. The van der Waals surface area contributed by atoms with E-state index in [1.807, 2.05) is 0 Å². The number of carbonyl (C=O) groups excluding carboxylic acids is 6. The number of esters is 1. The number of phenolic OH excluding ortho intramolecular Hbond substituents is 1. The SMILES string of the molecule is C=CC(=O)O[C@H]1[C@H]2C(C(=O)c3c(O)cccc3[C@@H]2C)C(=O)[C@]2(O)C(=O)C(C(N)=O)C(=O)C[C@H]12. The van der Waals surface area contributed by atoms with Crippen molar-refractivity contribution in [2.45, 2.75) is 31.0 Å². The zero-order chi connectivity index (χ0) is 24.4. The van der Waals surface area contributed by atoms with Gasteiger partial charge in [0.25, 0.3) is 0 Å². The molecule has 0 radical (unpaired) electrons. The minimum Gasteiger partial charge on any atom is -0.507 e. The molecule has 2 unspecified atom stereocenters. The third kappa shape index (κ3) is 2.90. The van der Waals surface area contributed by atoms with Gasteiger partial charge in [0.15, 0.2) is 34.7 Å². The molecule has 0 aromatic heterocycles. The molecule has 10 heteroatoms. The van der Waals surface area contributed by atoms with Gasteiger partial charge in [-0.2, -0.15) is 0 Å². The zero-order valence-electron chi connectivity index (χ0n) is 17.5. The summed E-state index contributed by atoms with van der Waals surface area (Å²) in [6, 6.07) is 4.35. The third-order valence-electron chi connectivity index (χ3n) is 7.11. The lowest BCUT2D eigenvalue weighted by Gasteiger charge is -2.53. The Bertz CT molecular complexity index is 1150. The molecule has 3 aliphatic carbocycles. The van der Waals surface area contributed by atoms with Crippen molar-refractivity contribution in [3.05, 3.63) is 42.0 Å². The number of nitrogens with two attached hydrogens (primary N) is 1. The molecule has 0 aliphatic heterocycles. The van der Waals surface area contributed by atoms with E-state index in [0.29, 0.717) is 5.56 Å². The molecule has 3 aliphatic rings. The number of rotatable bonds is 3. The molecule has 172 valence electrons. The van der Waals surface area contributed by atoms with Crippen LogP contribution in [-0.2, 0) is 28.7 Å². The highest BCUT2D eigenvalue weighted by Crippen LogP contribution is 2.54. The van der Waals surface area contributed by atoms with Gasteiger partial charge in [-0.1, -0.05) is 25.6 Å². The Kier molecular flexibility index (Phi) is 5.08. The van der Waals surface area contributed by atoms with Gasteiger partial charge in [0.1, 0.15) is 11.9 Å². The van der Waals surface area contributed by atoms with Gasteiger partial charge in [-0.3, -0.25) is 24.0 Å². The second-order valence-electron chi connectivity index (χ2n) is 8.66. The van der Waals surface area contributed by atoms with Gasteiger partial charge < -0.3 is 20.7 Å². The van der Waals surface area contributed by atoms with E-state index in [-0.39, 0.29) is 11.3 Å². The minimum atomic E-state index is -2.96. The maximum absolute atomic E-state index is 13.6. The smallest absolute Gasteiger partial charge is 0.330 e. The fourth-order valence-corrected chi connectivity index (χ4v) is 5.63. The molecule has 1 aromatic rings. The van der Waals surface area contributed by atoms with Crippen molar-refractivity contribution in [1.82, 2.24) is 0 Å². The van der Waals surface area contributed by atoms with E-state index < -0.39 is 82.7 Å². The van der Waals surface area contributed by atoms with Gasteiger partial charge >= 0.3 is 5.97 Å². The molecule has 7 atom stereocenters. The van der Waals surface area contributed by atoms with Crippen LogP contribution in [-0.4, -0.2) is 56.9 Å². The molecule has 33 heavy (non-hydrogen) atoms. The summed E-state index contributed by atoms with van der Waals surface area (Å²) >= 11 is 0. The van der Waals surface area contributed by atoms with E-state index >= 15 is 0 Å². The highest BCUT2D eigenvalue weighted by molar-refractivity contribution is 6.31. The maximum Gasteiger partial charge on any atom is 0.330 e. The van der Waals surface area contributed by atoms with E-state index in [1.54, 1.807) is 13.0 Å². The number of carbonyl (C=O) groups is 6. The third-order valence-corrected chi connectivity index (χ3v) is 7.11. The van der Waals surface area contributed by atoms with Crippen LogP contribution in [0.3, 0.4) is 0 Å². The number of hydrogen-bond acceptors (Lipinski definition) is 9. The topological polar surface area (TPSA) is 178 Å². The van der Waals surface area contributed by atoms with E-state index in [4.69, 9.17) is 10.5 Å². The Labute approximate surface area is 187 Å². The van der Waals surface area contributed by atoms with Crippen LogP contribution in [0.2, 0.25) is 0 Å². The monoisotopic (exact) mass is 455 g/mol. The number of phenols is 1. The van der Waals surface area contributed by atoms with Crippen LogP contribution in [0.25, 0.3) is 0 Å². The molecule has 0 spiro atoms. The molecule has 1 amide bonds. The first-order valence-electron chi connectivity index (χ1n) is 10.3. The lowest BCUT2D eigenvalue weighted by atomic mass is 9.50. The quantitative estimate of drug-likeness (QED) is 0.310. The van der Waals surface area contributed by atoms with Gasteiger partial charge in [-0.25, -0.2) is 4.79 Å². The average Bonchev–Trinajstić information content (AvgIpc) is 2.75. The highest BCUT2D eigenvalue weighted by Gasteiger charge is 2.71. The van der Waals surface area contributed by atoms with Crippen molar-refractivity contribution in [2.75, 3.05) is 0 Å². The van der Waals surface area contributed by atoms with Crippen molar-refractivity contribution in [2.24, 2.45) is 29.4 Å². The molecule has 2 saturated carbocycles. The zero-order valence-corrected chi connectivity index (χ0v) is 17.5. The number of Topliss-reactive ketones (excluding diaryl/α,β-unsaturated/α-hetero) is 4. The molecule has 0 bridgehead atoms. The maximum atomic E-state index is 13.6. The average molecular weight is 455 g/mol. The molecule has 4 N–H and O–H groups in total. The molecular formula is C23H21NO9. The van der Waals surface area contributed by atoms with Crippen molar-refractivity contribution in [1.29, 1.82) is 0 Å². The van der Waals surface area contributed by atoms with E-state index in [1.165, 1.54) is 12.1 Å². The standard InChI is InChI=1S/C23H21NO9/c1-3-13(27)33-19-10-7-12(26)16(22(24)31)20(29)23(10,32)21(30)17-14(19)8(2)9-5-4-6-11(25)15(9)18(17)28/h3-6,8,10,14,16-17,19,25,32H,1,7H2,2H3,(H2,24,31)/t8-,10+,14+,16?,17?,19+,23+/m0/s1. The second kappa shape index (κ2) is 7.45. The lowest BCUT2D eigenvalue weighted by molar-refractivity contribution is -0.196. The number of aromatic hydroxyl groups is 1. The van der Waals surface area contributed by atoms with Gasteiger partial charge in [0.05, 0.1) is 11.5 Å². The van der Waals surface area contributed by atoms with Crippen molar-refractivity contribution >= 4 is 35.0 Å². The van der Waals surface area contributed by atoms with Crippen LogP contribution in [0.5, 0.6) is 5.75 Å². The van der Waals surface area contributed by atoms with Crippen LogP contribution in [0.4, 0.5) is 0 Å². The Morgan fingerprint density at radius 2 is 1.88 bits per heavy atom. The molecule has 0 heterocycles. The predicted molar refractivity (Wildman–Crippen MR) is 109 cm³/mol. The number of ketones is 4.